The summed E-state index contributed by atoms with van der Waals surface area (Å²) in [6, 6.07) is 8.19. The molecule has 248 valence electrons. The number of hydrogen-bond donors (Lipinski definition) is 0. The molecule has 0 N–H and O–H groups in total. The largest absolute Gasteiger partial charge is 0.443 e. The average molecular weight is 633 g/mol. The zero-order valence-corrected chi connectivity index (χ0v) is 28.4. The Bertz CT molecular complexity index is 1710. The van der Waals surface area contributed by atoms with Gasteiger partial charge >= 0.3 is 5.97 Å². The molecule has 1 aromatic carbocycles. The van der Waals surface area contributed by atoms with Gasteiger partial charge in [-0.15, -0.1) is 0 Å². The van der Waals surface area contributed by atoms with E-state index in [1.54, 1.807) is 0 Å². The Morgan fingerprint density at radius 3 is 2.39 bits per heavy atom. The van der Waals surface area contributed by atoms with Crippen LogP contribution in [0.2, 0.25) is 0 Å². The molecule has 0 bridgehead atoms. The van der Waals surface area contributed by atoms with Crippen molar-refractivity contribution in [2.24, 2.45) is 16.7 Å². The lowest BCUT2D eigenvalue weighted by Crippen LogP contribution is -2.46. The van der Waals surface area contributed by atoms with E-state index in [1.165, 1.54) is 29.0 Å². The van der Waals surface area contributed by atoms with E-state index in [0.717, 1.165) is 67.4 Å². The number of ether oxygens (including phenoxy) is 1. The Morgan fingerprint density at radius 2 is 1.72 bits per heavy atom. The molecule has 0 spiro atoms. The first kappa shape index (κ1) is 33.4. The van der Waals surface area contributed by atoms with Crippen LogP contribution in [-0.4, -0.2) is 51.3 Å². The van der Waals surface area contributed by atoms with Crippen molar-refractivity contribution in [3.63, 3.8) is 0 Å². The van der Waals surface area contributed by atoms with Gasteiger partial charge in [-0.3, -0.25) is 9.59 Å². The Kier molecular flexibility index (Phi) is 9.75. The molecule has 1 atom stereocenters. The van der Waals surface area contributed by atoms with Gasteiger partial charge < -0.3 is 19.1 Å². The van der Waals surface area contributed by atoms with Gasteiger partial charge in [0.15, 0.2) is 6.73 Å². The van der Waals surface area contributed by atoms with E-state index in [0.29, 0.717) is 12.5 Å². The highest BCUT2D eigenvalue weighted by atomic mass is 19.1. The fourth-order valence-corrected chi connectivity index (χ4v) is 6.98. The molecule has 1 aliphatic heterocycles. The van der Waals surface area contributed by atoms with Gasteiger partial charge in [-0.05, 0) is 60.6 Å². The predicted octanol–water partition coefficient (Wildman–Crippen LogP) is 4.69. The number of anilines is 2. The third-order valence-corrected chi connectivity index (χ3v) is 9.48. The summed E-state index contributed by atoms with van der Waals surface area (Å²) in [5.41, 5.74) is 0.579. The fraction of sp³-hybridized carbons (Fsp3) is 0.556. The first-order chi connectivity index (χ1) is 21.7. The van der Waals surface area contributed by atoms with Gasteiger partial charge in [0.25, 0.3) is 5.56 Å². The monoisotopic (exact) mass is 632 g/mol. The Balaban J connectivity index is 1.28. The smallest absolute Gasteiger partial charge is 0.310 e. The van der Waals surface area contributed by atoms with Crippen LogP contribution in [0.15, 0.2) is 41.3 Å². The lowest BCUT2D eigenvalue weighted by molar-refractivity contribution is -0.156. The van der Waals surface area contributed by atoms with Gasteiger partial charge in [-0.1, -0.05) is 65.8 Å². The first-order valence-electron chi connectivity index (χ1n) is 16.5. The van der Waals surface area contributed by atoms with E-state index in [1.807, 2.05) is 31.0 Å². The van der Waals surface area contributed by atoms with Crippen LogP contribution >= 0.6 is 0 Å². The normalized spacial score (nSPS) is 16.3. The zero-order chi connectivity index (χ0) is 33.2. The summed E-state index contributed by atoms with van der Waals surface area (Å²) in [4.78, 5) is 40.1. The van der Waals surface area contributed by atoms with Gasteiger partial charge in [0.05, 0.1) is 23.2 Å². The van der Waals surface area contributed by atoms with Crippen molar-refractivity contribution in [2.75, 3.05) is 29.9 Å². The molecule has 10 heteroatoms. The third kappa shape index (κ3) is 7.53. The first-order valence-corrected chi connectivity index (χ1v) is 16.5. The number of esters is 1. The van der Waals surface area contributed by atoms with Crippen LogP contribution in [0.5, 0.6) is 0 Å². The highest BCUT2D eigenvalue weighted by Crippen LogP contribution is 2.39. The molecule has 2 aromatic heterocycles. The summed E-state index contributed by atoms with van der Waals surface area (Å²) in [5, 5.41) is 2.12. The summed E-state index contributed by atoms with van der Waals surface area (Å²) >= 11 is 0. The molecule has 0 amide bonds. The van der Waals surface area contributed by atoms with E-state index in [4.69, 9.17) is 9.72 Å². The molecule has 46 heavy (non-hydrogen) atoms. The summed E-state index contributed by atoms with van der Waals surface area (Å²) < 4.78 is 23.0. The molecule has 1 fully saturated rings. The van der Waals surface area contributed by atoms with E-state index < -0.39 is 0 Å². The van der Waals surface area contributed by atoms with E-state index in [-0.39, 0.29) is 46.9 Å². The van der Waals surface area contributed by atoms with Crippen molar-refractivity contribution in [3.8, 4) is 0 Å². The van der Waals surface area contributed by atoms with Crippen molar-refractivity contribution in [1.29, 1.82) is 0 Å². The molecule has 1 saturated heterocycles. The summed E-state index contributed by atoms with van der Waals surface area (Å²) in [6.07, 6.45) is 10.4. The van der Waals surface area contributed by atoms with Crippen LogP contribution in [0.3, 0.4) is 0 Å². The highest BCUT2D eigenvalue weighted by Gasteiger charge is 2.36. The maximum Gasteiger partial charge on any atom is 0.310 e. The van der Waals surface area contributed by atoms with Gasteiger partial charge in [0.1, 0.15) is 5.82 Å². The fourth-order valence-electron chi connectivity index (χ4n) is 6.98. The Labute approximate surface area is 271 Å². The Morgan fingerprint density at radius 1 is 1.04 bits per heavy atom. The summed E-state index contributed by atoms with van der Waals surface area (Å²) in [7, 11) is 1.95. The van der Waals surface area contributed by atoms with E-state index in [9.17, 15) is 14.0 Å². The highest BCUT2D eigenvalue weighted by molar-refractivity contribution is 5.72. The van der Waals surface area contributed by atoms with E-state index >= 15 is 0 Å². The molecular formula is C36H49FN6O3. The number of rotatable bonds is 10. The molecule has 5 rings (SSSR count). The lowest BCUT2D eigenvalue weighted by Gasteiger charge is -2.38. The number of benzene rings is 1. The Hall–Kier alpha value is -3.95. The second-order valence-electron chi connectivity index (χ2n) is 14.8. The van der Waals surface area contributed by atoms with Crippen LogP contribution in [0.1, 0.15) is 79.2 Å². The van der Waals surface area contributed by atoms with Crippen LogP contribution in [0, 0.1) is 22.6 Å². The molecule has 1 aliphatic carbocycles. The molecule has 3 heterocycles. The van der Waals surface area contributed by atoms with Crippen LogP contribution in [0.4, 0.5) is 16.3 Å². The number of halogens is 1. The van der Waals surface area contributed by atoms with Crippen LogP contribution in [0.25, 0.3) is 12.2 Å². The second-order valence-corrected chi connectivity index (χ2v) is 14.8. The van der Waals surface area contributed by atoms with Crippen molar-refractivity contribution >= 4 is 30.0 Å². The SMILES string of the molecule is CC(C(=O)OCn1c(N(C)C2CCN(c3nc4c(n3Cc3ccc(F)cc3)=CCCC=4)CC2)nccc1=O)C(C)(C)CC(C)(C)C. The van der Waals surface area contributed by atoms with Crippen LogP contribution < -0.4 is 26.1 Å². The molecule has 2 aliphatic rings. The number of carbonyl (C=O) groups is 1. The number of hydrogen-bond acceptors (Lipinski definition) is 7. The maximum atomic E-state index is 13.6. The van der Waals surface area contributed by atoms with Crippen molar-refractivity contribution in [2.45, 2.75) is 93.0 Å². The number of piperidine rings is 1. The molecule has 0 radical (unpaired) electrons. The zero-order valence-electron chi connectivity index (χ0n) is 28.4. The number of carbonyl (C=O) groups excluding carboxylic acids is 1. The number of fused-ring (bicyclic) bond motifs is 1. The summed E-state index contributed by atoms with van der Waals surface area (Å²) in [6.45, 7) is 14.6. The standard InChI is InChI=1S/C36H49FN6O3/c1-25(36(5,6)23-35(2,3)4)32(45)46-24-43-31(44)16-19-38-33(43)40(7)28-17-20-41(21-18-28)34-39-29-10-8-9-11-30(29)42(34)22-26-12-14-27(37)15-13-26/h10-16,19,25,28H,8-9,17-18,20-24H2,1-7H3. The van der Waals surface area contributed by atoms with Gasteiger partial charge in [0.2, 0.25) is 11.9 Å². The third-order valence-electron chi connectivity index (χ3n) is 9.48. The van der Waals surface area contributed by atoms with Crippen LogP contribution in [-0.2, 0) is 22.8 Å². The van der Waals surface area contributed by atoms with Gasteiger partial charge in [-0.2, -0.15) is 0 Å². The van der Waals surface area contributed by atoms with Gasteiger partial charge in [0, 0.05) is 38.4 Å². The summed E-state index contributed by atoms with van der Waals surface area (Å²) in [5.74, 6) is 0.517. The molecular weight excluding hydrogens is 583 g/mol. The van der Waals surface area contributed by atoms with Gasteiger partial charge in [-0.25, -0.2) is 18.9 Å². The predicted molar refractivity (Wildman–Crippen MR) is 180 cm³/mol. The molecule has 1 unspecified atom stereocenters. The number of aromatic nitrogens is 4. The quantitative estimate of drug-likeness (QED) is 0.300. The minimum atomic E-state index is -0.332. The average Bonchev–Trinajstić information content (AvgIpc) is 3.37. The van der Waals surface area contributed by atoms with E-state index in [2.05, 4.69) is 61.2 Å². The minimum Gasteiger partial charge on any atom is -0.443 e. The number of imidazole rings is 1. The van der Waals surface area contributed by atoms with Crippen molar-refractivity contribution < 1.29 is 13.9 Å². The van der Waals surface area contributed by atoms with Crippen molar-refractivity contribution in [1.82, 2.24) is 19.1 Å². The molecule has 0 saturated carbocycles. The van der Waals surface area contributed by atoms with Crippen molar-refractivity contribution in [3.05, 3.63) is 69.0 Å². The molecule has 3 aromatic rings. The maximum absolute atomic E-state index is 13.6. The number of nitrogens with zero attached hydrogens (tertiary/aromatic N) is 6. The lowest BCUT2D eigenvalue weighted by atomic mass is 9.69. The second kappa shape index (κ2) is 13.4. The minimum absolute atomic E-state index is 0.0712. The topological polar surface area (TPSA) is 85.5 Å². The molecule has 9 nitrogen and oxygen atoms in total.